The van der Waals surface area contributed by atoms with Crippen LogP contribution in [0.1, 0.15) is 43.6 Å². The first-order chi connectivity index (χ1) is 12.2. The molecule has 2 fully saturated rings. The summed E-state index contributed by atoms with van der Waals surface area (Å²) in [6, 6.07) is 6.14. The number of nitrogens with zero attached hydrogens (tertiary/aromatic N) is 1. The number of fused-ring (bicyclic) bond motifs is 1. The van der Waals surface area contributed by atoms with Gasteiger partial charge in [-0.2, -0.15) is 0 Å². The van der Waals surface area contributed by atoms with Crippen molar-refractivity contribution in [1.82, 2.24) is 4.90 Å². The lowest BCUT2D eigenvalue weighted by atomic mass is 9.89. The predicted molar refractivity (Wildman–Crippen MR) is 93.9 cm³/mol. The number of aliphatic hydroxyl groups is 1. The van der Waals surface area contributed by atoms with Crippen molar-refractivity contribution in [3.8, 4) is 11.5 Å². The van der Waals surface area contributed by atoms with Gasteiger partial charge in [-0.1, -0.05) is 6.07 Å². The number of piperidine rings is 1. The number of benzene rings is 1. The monoisotopic (exact) mass is 345 g/mol. The van der Waals surface area contributed by atoms with Gasteiger partial charge in [0.05, 0.1) is 0 Å². The van der Waals surface area contributed by atoms with Crippen LogP contribution in [0.2, 0.25) is 0 Å². The highest BCUT2D eigenvalue weighted by atomic mass is 16.6. The average Bonchev–Trinajstić information content (AvgIpc) is 3.50. The van der Waals surface area contributed by atoms with Gasteiger partial charge in [0.15, 0.2) is 11.5 Å². The molecule has 1 aromatic carbocycles. The summed E-state index contributed by atoms with van der Waals surface area (Å²) >= 11 is 0. The number of likely N-dealkylation sites (tertiary alicyclic amines) is 1. The minimum absolute atomic E-state index is 0.179. The van der Waals surface area contributed by atoms with Crippen LogP contribution in [-0.2, 0) is 4.79 Å². The maximum Gasteiger partial charge on any atom is 0.223 e. The van der Waals surface area contributed by atoms with Crippen LogP contribution < -0.4 is 9.47 Å². The lowest BCUT2D eigenvalue weighted by molar-refractivity contribution is -0.133. The highest BCUT2D eigenvalue weighted by molar-refractivity contribution is 5.77. The molecule has 1 saturated heterocycles. The topological polar surface area (TPSA) is 59.0 Å². The van der Waals surface area contributed by atoms with Gasteiger partial charge < -0.3 is 19.5 Å². The van der Waals surface area contributed by atoms with E-state index in [1.165, 1.54) is 18.4 Å². The van der Waals surface area contributed by atoms with Crippen LogP contribution in [0.15, 0.2) is 18.2 Å². The summed E-state index contributed by atoms with van der Waals surface area (Å²) in [7, 11) is 0. The van der Waals surface area contributed by atoms with Crippen LogP contribution in [0.5, 0.6) is 11.5 Å². The Labute approximate surface area is 148 Å². The molecular weight excluding hydrogens is 318 g/mol. The molecule has 4 rings (SSSR count). The van der Waals surface area contributed by atoms with E-state index in [0.717, 1.165) is 30.9 Å². The fraction of sp³-hybridized carbons (Fsp3) is 0.650. The number of ether oxygens (including phenoxy) is 2. The maximum atomic E-state index is 12.9. The van der Waals surface area contributed by atoms with E-state index in [9.17, 15) is 9.90 Å². The van der Waals surface area contributed by atoms with Gasteiger partial charge in [-0.15, -0.1) is 0 Å². The number of carbonyl (C=O) groups is 1. The quantitative estimate of drug-likeness (QED) is 0.891. The molecule has 1 saturated carbocycles. The first-order valence-electron chi connectivity index (χ1n) is 9.53. The fourth-order valence-electron chi connectivity index (χ4n) is 4.10. The Bertz CT molecular complexity index is 628. The molecule has 25 heavy (non-hydrogen) atoms. The Morgan fingerprint density at radius 2 is 2.00 bits per heavy atom. The van der Waals surface area contributed by atoms with Crippen LogP contribution in [-0.4, -0.2) is 48.8 Å². The van der Waals surface area contributed by atoms with E-state index < -0.39 is 0 Å². The average molecular weight is 345 g/mol. The molecule has 1 N–H and O–H groups in total. The maximum absolute atomic E-state index is 12.9. The molecule has 0 aromatic heterocycles. The number of hydrogen-bond acceptors (Lipinski definition) is 4. The number of amides is 1. The van der Waals surface area contributed by atoms with E-state index in [4.69, 9.17) is 9.47 Å². The van der Waals surface area contributed by atoms with Gasteiger partial charge in [0, 0.05) is 26.1 Å². The molecule has 0 bridgehead atoms. The van der Waals surface area contributed by atoms with Gasteiger partial charge in [-0.05, 0) is 61.1 Å². The van der Waals surface area contributed by atoms with E-state index in [0.29, 0.717) is 32.1 Å². The number of hydrogen-bond donors (Lipinski definition) is 1. The number of carbonyl (C=O) groups excluding carboxylic acids is 1. The molecule has 2 aliphatic heterocycles. The smallest absolute Gasteiger partial charge is 0.223 e. The van der Waals surface area contributed by atoms with Crippen molar-refractivity contribution in [2.24, 2.45) is 11.8 Å². The third-order valence-electron chi connectivity index (χ3n) is 5.71. The molecule has 136 valence electrons. The Balaban J connectivity index is 1.47. The van der Waals surface area contributed by atoms with E-state index in [-0.39, 0.29) is 24.3 Å². The van der Waals surface area contributed by atoms with Crippen LogP contribution >= 0.6 is 0 Å². The lowest BCUT2D eigenvalue weighted by Gasteiger charge is -2.33. The van der Waals surface area contributed by atoms with Crippen molar-refractivity contribution in [1.29, 1.82) is 0 Å². The molecule has 5 nitrogen and oxygen atoms in total. The molecule has 1 aliphatic carbocycles. The minimum Gasteiger partial charge on any atom is -0.486 e. The predicted octanol–water partition coefficient (Wildman–Crippen LogP) is 2.57. The zero-order valence-corrected chi connectivity index (χ0v) is 14.7. The number of aliphatic hydroxyl groups excluding tert-OH is 1. The summed E-state index contributed by atoms with van der Waals surface area (Å²) in [4.78, 5) is 14.8. The summed E-state index contributed by atoms with van der Waals surface area (Å²) < 4.78 is 11.3. The van der Waals surface area contributed by atoms with E-state index in [1.807, 2.05) is 11.0 Å². The van der Waals surface area contributed by atoms with E-state index >= 15 is 0 Å². The molecule has 1 amide bonds. The van der Waals surface area contributed by atoms with E-state index in [2.05, 4.69) is 12.1 Å². The summed E-state index contributed by atoms with van der Waals surface area (Å²) in [5.74, 6) is 2.94. The lowest BCUT2D eigenvalue weighted by Crippen LogP contribution is -2.41. The molecule has 3 aliphatic rings. The van der Waals surface area contributed by atoms with E-state index in [1.54, 1.807) is 0 Å². The van der Waals surface area contributed by atoms with Crippen molar-refractivity contribution >= 4 is 5.91 Å². The molecule has 2 heterocycles. The second kappa shape index (κ2) is 7.24. The number of rotatable bonds is 5. The second-order valence-electron chi connectivity index (χ2n) is 7.58. The summed E-state index contributed by atoms with van der Waals surface area (Å²) in [6.07, 6.45) is 4.98. The van der Waals surface area contributed by atoms with Crippen molar-refractivity contribution in [2.75, 3.05) is 32.9 Å². The van der Waals surface area contributed by atoms with Gasteiger partial charge in [0.2, 0.25) is 5.91 Å². The summed E-state index contributed by atoms with van der Waals surface area (Å²) in [6.45, 7) is 2.89. The molecule has 2 atom stereocenters. The van der Waals surface area contributed by atoms with Crippen LogP contribution in [0, 0.1) is 11.8 Å². The molecule has 5 heteroatoms. The molecule has 0 radical (unpaired) electrons. The van der Waals surface area contributed by atoms with Crippen molar-refractivity contribution in [2.45, 2.75) is 38.0 Å². The highest BCUT2D eigenvalue weighted by Gasteiger charge is 2.36. The Morgan fingerprint density at radius 3 is 2.76 bits per heavy atom. The van der Waals surface area contributed by atoms with Crippen LogP contribution in [0.25, 0.3) is 0 Å². The van der Waals surface area contributed by atoms with Crippen molar-refractivity contribution < 1.29 is 19.4 Å². The standard InChI is InChI=1S/C20H27NO4/c22-13-14-2-1-7-21(12-14)20(23)11-17(15-3-4-15)16-5-6-18-19(10-16)25-9-8-24-18/h5-6,10,14-15,17,22H,1-4,7-9,11-13H2. The van der Waals surface area contributed by atoms with Gasteiger partial charge in [0.1, 0.15) is 13.2 Å². The van der Waals surface area contributed by atoms with Gasteiger partial charge in [0.25, 0.3) is 0 Å². The third kappa shape index (κ3) is 3.76. The van der Waals surface area contributed by atoms with Gasteiger partial charge in [-0.25, -0.2) is 0 Å². The van der Waals surface area contributed by atoms with Crippen molar-refractivity contribution in [3.63, 3.8) is 0 Å². The highest BCUT2D eigenvalue weighted by Crippen LogP contribution is 2.46. The first kappa shape index (κ1) is 16.7. The Kier molecular flexibility index (Phi) is 4.84. The normalized spacial score (nSPS) is 24.0. The van der Waals surface area contributed by atoms with Gasteiger partial charge >= 0.3 is 0 Å². The Morgan fingerprint density at radius 1 is 1.20 bits per heavy atom. The summed E-state index contributed by atoms with van der Waals surface area (Å²) in [5, 5.41) is 9.40. The molecule has 1 aromatic rings. The van der Waals surface area contributed by atoms with Crippen LogP contribution in [0.4, 0.5) is 0 Å². The SMILES string of the molecule is O=C(CC(c1ccc2c(c1)OCCO2)C1CC1)N1CCCC(CO)C1. The minimum atomic E-state index is 0.179. The summed E-state index contributed by atoms with van der Waals surface area (Å²) in [5.41, 5.74) is 1.19. The third-order valence-corrected chi connectivity index (χ3v) is 5.71. The first-order valence-corrected chi connectivity index (χ1v) is 9.53. The Hall–Kier alpha value is -1.75. The van der Waals surface area contributed by atoms with Crippen LogP contribution in [0.3, 0.4) is 0 Å². The zero-order valence-electron chi connectivity index (χ0n) is 14.7. The molecular formula is C20H27NO4. The van der Waals surface area contributed by atoms with Gasteiger partial charge in [-0.3, -0.25) is 4.79 Å². The molecule has 2 unspecified atom stereocenters. The zero-order chi connectivity index (χ0) is 17.2. The van der Waals surface area contributed by atoms with Crippen molar-refractivity contribution in [3.05, 3.63) is 23.8 Å². The molecule has 0 spiro atoms. The fourth-order valence-corrected chi connectivity index (χ4v) is 4.10. The second-order valence-corrected chi connectivity index (χ2v) is 7.58. The largest absolute Gasteiger partial charge is 0.486 e.